The van der Waals surface area contributed by atoms with Gasteiger partial charge in [-0.05, 0) is 6.42 Å². The molecule has 1 aliphatic heterocycles. The molecular formula is C6H14O2Si. The maximum absolute atomic E-state index is 5.30. The Labute approximate surface area is 59.0 Å². The summed E-state index contributed by atoms with van der Waals surface area (Å²) in [6.07, 6.45) is 1.68. The van der Waals surface area contributed by atoms with Crippen molar-refractivity contribution in [3.8, 4) is 0 Å². The largest absolute Gasteiger partial charge is 0.379 e. The molecule has 0 radical (unpaired) electrons. The van der Waals surface area contributed by atoms with E-state index < -0.39 is 0 Å². The summed E-state index contributed by atoms with van der Waals surface area (Å²) in [5.41, 5.74) is 0. The predicted octanol–water partition coefficient (Wildman–Crippen LogP) is -0.424. The number of rotatable bonds is 5. The van der Waals surface area contributed by atoms with Gasteiger partial charge in [-0.25, -0.2) is 0 Å². The first-order chi connectivity index (χ1) is 4.43. The van der Waals surface area contributed by atoms with E-state index in [9.17, 15) is 0 Å². The third-order valence-electron chi connectivity index (χ3n) is 1.35. The minimum absolute atomic E-state index is 0.444. The number of epoxide rings is 1. The van der Waals surface area contributed by atoms with E-state index in [4.69, 9.17) is 9.47 Å². The van der Waals surface area contributed by atoms with Gasteiger partial charge in [0.05, 0.1) is 13.2 Å². The van der Waals surface area contributed by atoms with Crippen LogP contribution in [-0.2, 0) is 9.47 Å². The molecule has 0 aromatic rings. The second-order valence-corrected chi connectivity index (χ2v) is 3.38. The molecular weight excluding hydrogens is 132 g/mol. The van der Waals surface area contributed by atoms with Crippen molar-refractivity contribution in [2.45, 2.75) is 18.6 Å². The summed E-state index contributed by atoms with van der Waals surface area (Å²) < 4.78 is 10.3. The molecule has 9 heavy (non-hydrogen) atoms. The van der Waals surface area contributed by atoms with Crippen LogP contribution in [0.1, 0.15) is 6.42 Å². The van der Waals surface area contributed by atoms with Gasteiger partial charge in [0, 0.05) is 16.8 Å². The zero-order valence-corrected chi connectivity index (χ0v) is 7.93. The van der Waals surface area contributed by atoms with Gasteiger partial charge in [-0.1, -0.05) is 6.04 Å². The summed E-state index contributed by atoms with van der Waals surface area (Å²) in [5, 5.41) is 0. The lowest BCUT2D eigenvalue weighted by molar-refractivity contribution is 0.117. The van der Waals surface area contributed by atoms with Crippen molar-refractivity contribution in [1.29, 1.82) is 0 Å². The van der Waals surface area contributed by atoms with Gasteiger partial charge in [0.25, 0.3) is 0 Å². The fraction of sp³-hybridized carbons (Fsp3) is 1.00. The van der Waals surface area contributed by atoms with Crippen molar-refractivity contribution in [3.05, 3.63) is 0 Å². The number of ether oxygens (including phenoxy) is 2. The minimum atomic E-state index is 0.444. The van der Waals surface area contributed by atoms with Crippen LogP contribution < -0.4 is 0 Å². The first-order valence-corrected chi connectivity index (χ1v) is 5.04. The molecule has 1 heterocycles. The van der Waals surface area contributed by atoms with Gasteiger partial charge >= 0.3 is 0 Å². The van der Waals surface area contributed by atoms with Crippen LogP contribution in [0.2, 0.25) is 6.04 Å². The van der Waals surface area contributed by atoms with Crippen molar-refractivity contribution < 1.29 is 9.47 Å². The molecule has 2 nitrogen and oxygen atoms in total. The highest BCUT2D eigenvalue weighted by Crippen LogP contribution is 2.08. The van der Waals surface area contributed by atoms with Crippen molar-refractivity contribution in [2.75, 3.05) is 19.8 Å². The standard InChI is InChI=1S/C6H14O2Si/c9-3-1-2-7-4-6-5-8-6/h6H,1-5H2,9H3/t6-/m0/s1. The molecule has 0 aromatic carbocycles. The average molecular weight is 146 g/mol. The van der Waals surface area contributed by atoms with Crippen LogP contribution in [0.5, 0.6) is 0 Å². The third-order valence-corrected chi connectivity index (χ3v) is 2.06. The van der Waals surface area contributed by atoms with E-state index >= 15 is 0 Å². The molecule has 0 N–H and O–H groups in total. The van der Waals surface area contributed by atoms with Crippen LogP contribution >= 0.6 is 0 Å². The Balaban J connectivity index is 1.71. The Bertz CT molecular complexity index is 73.5. The molecule has 0 aliphatic carbocycles. The van der Waals surface area contributed by atoms with Gasteiger partial charge in [0.15, 0.2) is 0 Å². The molecule has 0 unspecified atom stereocenters. The maximum atomic E-state index is 5.30. The Hall–Kier alpha value is 0.137. The molecule has 54 valence electrons. The lowest BCUT2D eigenvalue weighted by Crippen LogP contribution is -2.02. The van der Waals surface area contributed by atoms with Crippen LogP contribution in [0, 0.1) is 0 Å². The SMILES string of the molecule is [SiH3]CCCOC[C@H]1CO1. The molecule has 0 amide bonds. The van der Waals surface area contributed by atoms with E-state index in [1.165, 1.54) is 22.7 Å². The normalized spacial score (nSPS) is 24.7. The fourth-order valence-electron chi connectivity index (χ4n) is 0.625. The lowest BCUT2D eigenvalue weighted by atomic mass is 10.5. The minimum Gasteiger partial charge on any atom is -0.379 e. The zero-order chi connectivity index (χ0) is 6.53. The molecule has 0 spiro atoms. The summed E-state index contributed by atoms with van der Waals surface area (Å²) in [4.78, 5) is 0. The molecule has 1 rings (SSSR count). The highest BCUT2D eigenvalue weighted by atomic mass is 28.1. The molecule has 3 heteroatoms. The first kappa shape index (κ1) is 7.25. The first-order valence-electron chi connectivity index (χ1n) is 3.63. The predicted molar refractivity (Wildman–Crippen MR) is 39.9 cm³/mol. The Morgan fingerprint density at radius 2 is 2.44 bits per heavy atom. The van der Waals surface area contributed by atoms with Crippen molar-refractivity contribution in [1.82, 2.24) is 0 Å². The third kappa shape index (κ3) is 3.67. The van der Waals surface area contributed by atoms with E-state index in [0.29, 0.717) is 6.10 Å². The maximum Gasteiger partial charge on any atom is 0.104 e. The zero-order valence-electron chi connectivity index (χ0n) is 5.93. The molecule has 1 atom stereocenters. The summed E-state index contributed by atoms with van der Waals surface area (Å²) in [6, 6.07) is 1.35. The van der Waals surface area contributed by atoms with Crippen molar-refractivity contribution >= 4 is 10.2 Å². The Morgan fingerprint density at radius 3 is 3.00 bits per heavy atom. The molecule has 1 saturated heterocycles. The summed E-state index contributed by atoms with van der Waals surface area (Å²) in [7, 11) is 1.31. The molecule has 0 aromatic heterocycles. The van der Waals surface area contributed by atoms with E-state index in [2.05, 4.69) is 0 Å². The number of hydrogen-bond donors (Lipinski definition) is 0. The highest BCUT2D eigenvalue weighted by molar-refractivity contribution is 6.08. The quantitative estimate of drug-likeness (QED) is 0.298. The molecule has 0 bridgehead atoms. The fourth-order valence-corrected chi connectivity index (χ4v) is 0.914. The van der Waals surface area contributed by atoms with E-state index in [-0.39, 0.29) is 0 Å². The Morgan fingerprint density at radius 1 is 1.67 bits per heavy atom. The lowest BCUT2D eigenvalue weighted by Gasteiger charge is -1.97. The summed E-state index contributed by atoms with van der Waals surface area (Å²) in [5.74, 6) is 0. The summed E-state index contributed by atoms with van der Waals surface area (Å²) >= 11 is 0. The molecule has 1 aliphatic rings. The van der Waals surface area contributed by atoms with Crippen LogP contribution in [0.4, 0.5) is 0 Å². The number of hydrogen-bond acceptors (Lipinski definition) is 2. The summed E-state index contributed by atoms with van der Waals surface area (Å²) in [6.45, 7) is 2.67. The van der Waals surface area contributed by atoms with Gasteiger partial charge in [-0.3, -0.25) is 0 Å². The second kappa shape index (κ2) is 4.03. The molecule has 1 fully saturated rings. The van der Waals surface area contributed by atoms with Gasteiger partial charge in [-0.15, -0.1) is 0 Å². The van der Waals surface area contributed by atoms with Gasteiger partial charge < -0.3 is 9.47 Å². The second-order valence-electron chi connectivity index (χ2n) is 2.38. The smallest absolute Gasteiger partial charge is 0.104 e. The van der Waals surface area contributed by atoms with Crippen LogP contribution in [0.25, 0.3) is 0 Å². The van der Waals surface area contributed by atoms with Gasteiger partial charge in [-0.2, -0.15) is 0 Å². The average Bonchev–Trinajstić information content (AvgIpc) is 2.63. The van der Waals surface area contributed by atoms with Crippen molar-refractivity contribution in [2.24, 2.45) is 0 Å². The van der Waals surface area contributed by atoms with Gasteiger partial charge in [0.1, 0.15) is 6.10 Å². The Kier molecular flexibility index (Phi) is 3.25. The van der Waals surface area contributed by atoms with Crippen LogP contribution in [-0.4, -0.2) is 36.2 Å². The van der Waals surface area contributed by atoms with E-state index in [0.717, 1.165) is 19.8 Å². The van der Waals surface area contributed by atoms with Gasteiger partial charge in [0.2, 0.25) is 0 Å². The molecule has 0 saturated carbocycles. The monoisotopic (exact) mass is 146 g/mol. The van der Waals surface area contributed by atoms with Crippen LogP contribution in [0.15, 0.2) is 0 Å². The highest BCUT2D eigenvalue weighted by Gasteiger charge is 2.21. The van der Waals surface area contributed by atoms with E-state index in [1.54, 1.807) is 0 Å². The van der Waals surface area contributed by atoms with Crippen molar-refractivity contribution in [3.63, 3.8) is 0 Å². The van der Waals surface area contributed by atoms with Crippen LogP contribution in [0.3, 0.4) is 0 Å². The topological polar surface area (TPSA) is 21.8 Å². The van der Waals surface area contributed by atoms with E-state index in [1.807, 2.05) is 0 Å².